The van der Waals surface area contributed by atoms with E-state index in [0.717, 1.165) is 60.8 Å². The summed E-state index contributed by atoms with van der Waals surface area (Å²) in [5, 5.41) is 4.59. The maximum absolute atomic E-state index is 13.6. The van der Waals surface area contributed by atoms with E-state index in [2.05, 4.69) is 45.0 Å². The number of unbranched alkanes of at least 4 members (excludes halogenated alkanes) is 3. The molecular formula is C31H36INO4S. The number of hydrogen-bond acceptors (Lipinski definition) is 5. The Morgan fingerprint density at radius 3 is 2.13 bits per heavy atom. The number of aryl methyl sites for hydroxylation is 5. The van der Waals surface area contributed by atoms with E-state index in [1.165, 1.54) is 5.56 Å². The third-order valence-electron chi connectivity index (χ3n) is 6.43. The zero-order valence-corrected chi connectivity index (χ0v) is 25.7. The van der Waals surface area contributed by atoms with Gasteiger partial charge in [-0.1, -0.05) is 0 Å². The minimum absolute atomic E-state index is 0.159. The number of hydrogen-bond donors (Lipinski definition) is 0. The first-order chi connectivity index (χ1) is 18.2. The van der Waals surface area contributed by atoms with Crippen LogP contribution in [0.25, 0.3) is 11.3 Å². The van der Waals surface area contributed by atoms with Crippen molar-refractivity contribution in [2.75, 3.05) is 0 Å². The second-order valence-corrected chi connectivity index (χ2v) is 16.1. The van der Waals surface area contributed by atoms with E-state index in [-0.39, 0.29) is 4.90 Å². The van der Waals surface area contributed by atoms with Crippen molar-refractivity contribution in [1.82, 2.24) is 5.16 Å². The first-order valence-corrected chi connectivity index (χ1v) is 17.5. The maximum atomic E-state index is 13.6. The number of rotatable bonds is 11. The van der Waals surface area contributed by atoms with Crippen LogP contribution in [0.3, 0.4) is 0 Å². The van der Waals surface area contributed by atoms with Crippen LogP contribution in [0, 0.1) is 34.8 Å². The van der Waals surface area contributed by atoms with Crippen molar-refractivity contribution in [2.45, 2.75) is 71.6 Å². The zero-order chi connectivity index (χ0) is 27.3. The summed E-state index contributed by atoms with van der Waals surface area (Å²) in [6.45, 7) is 10.3. The van der Waals surface area contributed by atoms with Gasteiger partial charge >= 0.3 is 236 Å². The van der Waals surface area contributed by atoms with Gasteiger partial charge in [-0.2, -0.15) is 0 Å². The minimum atomic E-state index is -4.02. The van der Waals surface area contributed by atoms with Gasteiger partial charge in [-0.15, -0.1) is 0 Å². The van der Waals surface area contributed by atoms with Gasteiger partial charge in [-0.3, -0.25) is 0 Å². The molecule has 0 saturated carbocycles. The third kappa shape index (κ3) is 6.55. The Morgan fingerprint density at radius 1 is 0.842 bits per heavy atom. The molecule has 0 N–H and O–H groups in total. The van der Waals surface area contributed by atoms with Crippen LogP contribution in [0.4, 0.5) is 0 Å². The zero-order valence-electron chi connectivity index (χ0n) is 22.8. The Hall–Kier alpha value is -2.49. The van der Waals surface area contributed by atoms with Crippen molar-refractivity contribution < 1.29 is 15.5 Å². The third-order valence-corrected chi connectivity index (χ3v) is 14.0. The summed E-state index contributed by atoms with van der Waals surface area (Å²) in [5.74, 6) is 0.739. The Kier molecular flexibility index (Phi) is 9.44. The summed E-state index contributed by atoms with van der Waals surface area (Å²) in [5.41, 5.74) is 6.02. The Bertz CT molecular complexity index is 1460. The van der Waals surface area contributed by atoms with E-state index in [1.807, 2.05) is 37.3 Å². The molecule has 0 aliphatic rings. The van der Waals surface area contributed by atoms with Crippen molar-refractivity contribution in [3.8, 4) is 11.3 Å². The molecule has 4 aromatic rings. The number of nitrogens with zero attached hydrogens (tertiary/aromatic N) is 1. The topological polar surface area (TPSA) is 69.4 Å². The van der Waals surface area contributed by atoms with Crippen LogP contribution in [0.5, 0.6) is 0 Å². The number of aromatic nitrogens is 1. The van der Waals surface area contributed by atoms with Gasteiger partial charge in [-0.05, 0) is 0 Å². The van der Waals surface area contributed by atoms with Gasteiger partial charge in [0.2, 0.25) is 0 Å². The molecule has 5 nitrogen and oxygen atoms in total. The summed E-state index contributed by atoms with van der Waals surface area (Å²) in [4.78, 5) is 0.159. The fourth-order valence-corrected chi connectivity index (χ4v) is 12.1. The molecule has 38 heavy (non-hydrogen) atoms. The van der Waals surface area contributed by atoms with Gasteiger partial charge in [0.05, 0.1) is 0 Å². The Morgan fingerprint density at radius 2 is 1.50 bits per heavy atom. The fourth-order valence-electron chi connectivity index (χ4n) is 4.60. The molecule has 0 unspecified atom stereocenters. The van der Waals surface area contributed by atoms with Crippen molar-refractivity contribution in [1.29, 1.82) is 0 Å². The van der Waals surface area contributed by atoms with Crippen molar-refractivity contribution in [3.63, 3.8) is 0 Å². The van der Waals surface area contributed by atoms with Crippen LogP contribution in [0.1, 0.15) is 60.6 Å². The summed E-state index contributed by atoms with van der Waals surface area (Å²) in [6.07, 6.45) is 5.00. The molecule has 0 aliphatic heterocycles. The standard InChI is InChI=1S/C31H36INO4S/c1-6-7-8-12-15-28-30(31(33-36-28)29-24(4)20-23(3)21-25(29)5)32(26-13-10-9-11-14-26)37-38(34,35)27-18-16-22(2)17-19-27/h9-11,13-14,16-21H,6-8,12,15H2,1-5H3. The van der Waals surface area contributed by atoms with Crippen LogP contribution in [0.2, 0.25) is 0 Å². The molecule has 0 bridgehead atoms. The summed E-state index contributed by atoms with van der Waals surface area (Å²) < 4.78 is 41.2. The van der Waals surface area contributed by atoms with Gasteiger partial charge in [0, 0.05) is 0 Å². The van der Waals surface area contributed by atoms with Crippen LogP contribution < -0.4 is 0 Å². The number of halogens is 1. The predicted octanol–water partition coefficient (Wildman–Crippen LogP) is 8.56. The molecule has 0 aliphatic carbocycles. The van der Waals surface area contributed by atoms with E-state index in [0.29, 0.717) is 12.1 Å². The predicted molar refractivity (Wildman–Crippen MR) is 161 cm³/mol. The molecule has 1 aromatic heterocycles. The van der Waals surface area contributed by atoms with Crippen molar-refractivity contribution >= 4 is 30.4 Å². The van der Waals surface area contributed by atoms with Gasteiger partial charge < -0.3 is 0 Å². The average molecular weight is 646 g/mol. The van der Waals surface area contributed by atoms with E-state index < -0.39 is 30.4 Å². The molecule has 4 rings (SSSR count). The Balaban J connectivity index is 1.89. The monoisotopic (exact) mass is 645 g/mol. The van der Waals surface area contributed by atoms with Gasteiger partial charge in [-0.25, -0.2) is 0 Å². The van der Waals surface area contributed by atoms with Gasteiger partial charge in [0.1, 0.15) is 0 Å². The fraction of sp³-hybridized carbons (Fsp3) is 0.323. The van der Waals surface area contributed by atoms with E-state index in [4.69, 9.17) is 7.04 Å². The van der Waals surface area contributed by atoms with Gasteiger partial charge in [0.15, 0.2) is 0 Å². The SMILES string of the molecule is CCCCCCc1onc(-c2c(C)cc(C)cc2C)c1I(OS(=O)(=O)c1ccc(C)cc1)c1ccccc1. The second-order valence-electron chi connectivity index (χ2n) is 9.73. The molecular weight excluding hydrogens is 609 g/mol. The summed E-state index contributed by atoms with van der Waals surface area (Å²) in [6, 6.07) is 20.8. The molecule has 0 fully saturated rings. The molecule has 0 radical (unpaired) electrons. The quantitative estimate of drug-likeness (QED) is 0.121. The molecule has 0 spiro atoms. The molecule has 0 atom stereocenters. The van der Waals surface area contributed by atoms with Gasteiger partial charge in [0.25, 0.3) is 0 Å². The summed E-state index contributed by atoms with van der Waals surface area (Å²) >= 11 is -3.06. The first kappa shape index (κ1) is 28.5. The molecule has 0 amide bonds. The van der Waals surface area contributed by atoms with Crippen LogP contribution in [0.15, 0.2) is 76.1 Å². The van der Waals surface area contributed by atoms with Crippen molar-refractivity contribution in [2.24, 2.45) is 0 Å². The molecule has 7 heteroatoms. The first-order valence-electron chi connectivity index (χ1n) is 13.0. The molecule has 3 aromatic carbocycles. The molecule has 1 heterocycles. The van der Waals surface area contributed by atoms with E-state index >= 15 is 0 Å². The number of benzene rings is 3. The molecule has 202 valence electrons. The van der Waals surface area contributed by atoms with Crippen LogP contribution >= 0.6 is 20.2 Å². The van der Waals surface area contributed by atoms with Crippen LogP contribution in [-0.2, 0) is 19.1 Å². The Labute approximate surface area is 234 Å². The van der Waals surface area contributed by atoms with E-state index in [9.17, 15) is 8.42 Å². The summed E-state index contributed by atoms with van der Waals surface area (Å²) in [7, 11) is -4.02. The second kappa shape index (κ2) is 12.6. The van der Waals surface area contributed by atoms with Crippen LogP contribution in [-0.4, -0.2) is 13.6 Å². The average Bonchev–Trinajstić information content (AvgIpc) is 3.28. The molecule has 0 saturated heterocycles. The normalized spacial score (nSPS) is 12.1. The van der Waals surface area contributed by atoms with Crippen molar-refractivity contribution in [3.05, 3.63) is 102 Å². The van der Waals surface area contributed by atoms with E-state index in [1.54, 1.807) is 24.3 Å².